The molecule has 0 aliphatic rings. The first-order valence-electron chi connectivity index (χ1n) is 6.34. The number of hydrogen-bond donors (Lipinski definition) is 2. The van der Waals surface area contributed by atoms with E-state index in [1.165, 1.54) is 0 Å². The average Bonchev–Trinajstić information content (AvgIpc) is 2.83. The third-order valence-electron chi connectivity index (χ3n) is 2.68. The zero-order valence-corrected chi connectivity index (χ0v) is 11.6. The van der Waals surface area contributed by atoms with Gasteiger partial charge >= 0.3 is 6.03 Å². The molecule has 106 valence electrons. The van der Waals surface area contributed by atoms with Gasteiger partial charge in [0.15, 0.2) is 5.82 Å². The summed E-state index contributed by atoms with van der Waals surface area (Å²) in [5.74, 6) is 1.06. The van der Waals surface area contributed by atoms with E-state index < -0.39 is 0 Å². The minimum absolute atomic E-state index is 0.120. The highest BCUT2D eigenvalue weighted by Crippen LogP contribution is 2.20. The molecule has 0 radical (unpaired) electrons. The Morgan fingerprint density at radius 1 is 1.40 bits per heavy atom. The standard InChI is InChI=1S/C13H17N5O2/c1-8(2)11(12-15-9(3)18-20-12)17-13(19)16-10-5-4-6-14-7-10/h4-8,11H,1-3H3,(H2,16,17,19)/t11-/m0/s1. The maximum atomic E-state index is 12.0. The predicted molar refractivity (Wildman–Crippen MR) is 73.0 cm³/mol. The molecule has 2 heterocycles. The minimum Gasteiger partial charge on any atom is -0.337 e. The molecule has 0 saturated carbocycles. The summed E-state index contributed by atoms with van der Waals surface area (Å²) in [7, 11) is 0. The van der Waals surface area contributed by atoms with Crippen molar-refractivity contribution in [2.45, 2.75) is 26.8 Å². The lowest BCUT2D eigenvalue weighted by atomic mass is 10.0. The Balaban J connectivity index is 2.03. The molecule has 0 spiro atoms. The van der Waals surface area contributed by atoms with Gasteiger partial charge in [0.1, 0.15) is 6.04 Å². The summed E-state index contributed by atoms with van der Waals surface area (Å²) in [5, 5.41) is 9.27. The number of urea groups is 1. The van der Waals surface area contributed by atoms with Gasteiger partial charge in [0.2, 0.25) is 5.89 Å². The summed E-state index contributed by atoms with van der Waals surface area (Å²) in [6.07, 6.45) is 3.21. The van der Waals surface area contributed by atoms with Gasteiger partial charge in [-0.3, -0.25) is 4.98 Å². The van der Waals surface area contributed by atoms with Gasteiger partial charge in [0.05, 0.1) is 11.9 Å². The van der Waals surface area contributed by atoms with Crippen molar-refractivity contribution in [2.75, 3.05) is 5.32 Å². The Morgan fingerprint density at radius 3 is 2.75 bits per heavy atom. The number of anilines is 1. The summed E-state index contributed by atoms with van der Waals surface area (Å²) in [5.41, 5.74) is 0.620. The number of nitrogens with zero attached hydrogens (tertiary/aromatic N) is 3. The van der Waals surface area contributed by atoms with Crippen LogP contribution in [0.2, 0.25) is 0 Å². The molecular formula is C13H17N5O2. The molecule has 20 heavy (non-hydrogen) atoms. The van der Waals surface area contributed by atoms with Gasteiger partial charge in [-0.05, 0) is 25.0 Å². The van der Waals surface area contributed by atoms with Crippen LogP contribution in [0.1, 0.15) is 31.6 Å². The van der Waals surface area contributed by atoms with Gasteiger partial charge in [-0.2, -0.15) is 4.98 Å². The third kappa shape index (κ3) is 3.53. The summed E-state index contributed by atoms with van der Waals surface area (Å²) in [6.45, 7) is 5.67. The fourth-order valence-corrected chi connectivity index (χ4v) is 1.70. The van der Waals surface area contributed by atoms with Crippen LogP contribution in [-0.2, 0) is 0 Å². The Kier molecular flexibility index (Phi) is 4.29. The molecule has 0 unspecified atom stereocenters. The van der Waals surface area contributed by atoms with Crippen molar-refractivity contribution in [3.8, 4) is 0 Å². The van der Waals surface area contributed by atoms with Crippen LogP contribution in [0.3, 0.4) is 0 Å². The number of amides is 2. The molecule has 0 saturated heterocycles. The van der Waals surface area contributed by atoms with Gasteiger partial charge in [-0.25, -0.2) is 4.79 Å². The zero-order chi connectivity index (χ0) is 14.5. The molecule has 2 aromatic heterocycles. The number of rotatable bonds is 4. The predicted octanol–water partition coefficient (Wildman–Crippen LogP) is 2.29. The van der Waals surface area contributed by atoms with E-state index in [2.05, 4.69) is 25.8 Å². The fraction of sp³-hybridized carbons (Fsp3) is 0.385. The van der Waals surface area contributed by atoms with Crippen molar-refractivity contribution in [1.29, 1.82) is 0 Å². The van der Waals surface area contributed by atoms with E-state index in [1.54, 1.807) is 31.5 Å². The molecule has 0 aromatic carbocycles. The van der Waals surface area contributed by atoms with E-state index in [4.69, 9.17) is 4.52 Å². The Labute approximate surface area is 116 Å². The highest BCUT2D eigenvalue weighted by Gasteiger charge is 2.23. The first-order chi connectivity index (χ1) is 9.56. The lowest BCUT2D eigenvalue weighted by Gasteiger charge is -2.18. The second-order valence-corrected chi connectivity index (χ2v) is 4.74. The molecule has 0 bridgehead atoms. The first-order valence-corrected chi connectivity index (χ1v) is 6.34. The number of hydrogen-bond acceptors (Lipinski definition) is 5. The summed E-state index contributed by atoms with van der Waals surface area (Å²) in [6, 6.07) is 2.82. The van der Waals surface area contributed by atoms with Crippen LogP contribution in [0.5, 0.6) is 0 Å². The molecule has 0 aliphatic carbocycles. The van der Waals surface area contributed by atoms with Crippen molar-refractivity contribution >= 4 is 11.7 Å². The van der Waals surface area contributed by atoms with Crippen LogP contribution in [0.25, 0.3) is 0 Å². The number of carbonyl (C=O) groups excluding carboxylic acids is 1. The van der Waals surface area contributed by atoms with E-state index in [9.17, 15) is 4.79 Å². The van der Waals surface area contributed by atoms with Crippen LogP contribution in [-0.4, -0.2) is 21.2 Å². The molecule has 2 rings (SSSR count). The monoisotopic (exact) mass is 275 g/mol. The van der Waals surface area contributed by atoms with Crippen molar-refractivity contribution in [1.82, 2.24) is 20.4 Å². The molecule has 2 N–H and O–H groups in total. The van der Waals surface area contributed by atoms with E-state index >= 15 is 0 Å². The smallest absolute Gasteiger partial charge is 0.319 e. The normalized spacial score (nSPS) is 12.2. The average molecular weight is 275 g/mol. The number of carbonyl (C=O) groups is 1. The van der Waals surface area contributed by atoms with Crippen LogP contribution in [0, 0.1) is 12.8 Å². The quantitative estimate of drug-likeness (QED) is 0.893. The van der Waals surface area contributed by atoms with Gasteiger partial charge in [-0.15, -0.1) is 0 Å². The molecule has 1 atom stereocenters. The lowest BCUT2D eigenvalue weighted by Crippen LogP contribution is -2.35. The zero-order valence-electron chi connectivity index (χ0n) is 11.6. The van der Waals surface area contributed by atoms with Gasteiger partial charge in [0.25, 0.3) is 0 Å². The molecule has 2 aromatic rings. The maximum absolute atomic E-state index is 12.0. The number of aryl methyl sites for hydroxylation is 1. The van der Waals surface area contributed by atoms with E-state index in [1.807, 2.05) is 13.8 Å². The van der Waals surface area contributed by atoms with E-state index in [-0.39, 0.29) is 18.0 Å². The van der Waals surface area contributed by atoms with Crippen molar-refractivity contribution in [3.05, 3.63) is 36.2 Å². The largest absolute Gasteiger partial charge is 0.337 e. The number of pyridine rings is 1. The molecule has 0 aliphatic heterocycles. The summed E-state index contributed by atoms with van der Waals surface area (Å²) >= 11 is 0. The first kappa shape index (κ1) is 14.0. The SMILES string of the molecule is Cc1noc([C@@H](NC(=O)Nc2cccnc2)C(C)C)n1. The maximum Gasteiger partial charge on any atom is 0.319 e. The third-order valence-corrected chi connectivity index (χ3v) is 2.68. The second-order valence-electron chi connectivity index (χ2n) is 4.74. The van der Waals surface area contributed by atoms with Gasteiger partial charge in [0, 0.05) is 6.20 Å². The fourth-order valence-electron chi connectivity index (χ4n) is 1.70. The Morgan fingerprint density at radius 2 is 2.20 bits per heavy atom. The second kappa shape index (κ2) is 6.14. The van der Waals surface area contributed by atoms with Crippen LogP contribution < -0.4 is 10.6 Å². The Bertz CT molecular complexity index is 567. The molecule has 2 amide bonds. The van der Waals surface area contributed by atoms with E-state index in [0.717, 1.165) is 0 Å². The highest BCUT2D eigenvalue weighted by molar-refractivity contribution is 5.89. The van der Waals surface area contributed by atoms with E-state index in [0.29, 0.717) is 17.4 Å². The van der Waals surface area contributed by atoms with Crippen LogP contribution in [0.15, 0.2) is 29.0 Å². The topological polar surface area (TPSA) is 92.9 Å². The van der Waals surface area contributed by atoms with Crippen molar-refractivity contribution in [2.24, 2.45) is 5.92 Å². The minimum atomic E-state index is -0.340. The highest BCUT2D eigenvalue weighted by atomic mass is 16.5. The van der Waals surface area contributed by atoms with Crippen LogP contribution >= 0.6 is 0 Å². The van der Waals surface area contributed by atoms with Crippen LogP contribution in [0.4, 0.5) is 10.5 Å². The number of nitrogens with one attached hydrogen (secondary N) is 2. The number of aromatic nitrogens is 3. The molecule has 7 nitrogen and oxygen atoms in total. The molecule has 7 heteroatoms. The Hall–Kier alpha value is -2.44. The molecular weight excluding hydrogens is 258 g/mol. The summed E-state index contributed by atoms with van der Waals surface area (Å²) in [4.78, 5) is 20.1. The lowest BCUT2D eigenvalue weighted by molar-refractivity contribution is 0.235. The van der Waals surface area contributed by atoms with Crippen molar-refractivity contribution < 1.29 is 9.32 Å². The van der Waals surface area contributed by atoms with Gasteiger partial charge in [-0.1, -0.05) is 19.0 Å². The van der Waals surface area contributed by atoms with Gasteiger partial charge < -0.3 is 15.2 Å². The summed E-state index contributed by atoms with van der Waals surface area (Å²) < 4.78 is 5.12. The van der Waals surface area contributed by atoms with Crippen molar-refractivity contribution in [3.63, 3.8) is 0 Å². The molecule has 0 fully saturated rings.